The summed E-state index contributed by atoms with van der Waals surface area (Å²) in [5.41, 5.74) is 0. The van der Waals surface area contributed by atoms with Gasteiger partial charge in [-0.2, -0.15) is 0 Å². The molecule has 1 aromatic carbocycles. The topological polar surface area (TPSA) is 67.4 Å². The maximum atomic E-state index is 5.74. The average Bonchev–Trinajstić information content (AvgIpc) is 2.68. The molecule has 1 heterocycles. The third kappa shape index (κ3) is 10.0. The van der Waals surface area contributed by atoms with E-state index in [1.807, 2.05) is 24.3 Å². The smallest absolute Gasteiger partial charge is 0.191 e. The van der Waals surface area contributed by atoms with Crippen LogP contribution in [0.3, 0.4) is 0 Å². The standard InChI is InChI=1S/C19H32N4O3.HI/c1-3-20-19(22-9-10-23-11-14-25-15-12-23)21-8-5-13-26-18-7-4-6-17(16-18)24-2;/h4,6-7,16H,3,5,8-15H2,1-2H3,(H2,20,21,22);1H. The van der Waals surface area contributed by atoms with Crippen molar-refractivity contribution < 1.29 is 14.2 Å². The summed E-state index contributed by atoms with van der Waals surface area (Å²) in [5, 5.41) is 6.67. The highest BCUT2D eigenvalue weighted by Crippen LogP contribution is 2.18. The Morgan fingerprint density at radius 1 is 1.22 bits per heavy atom. The lowest BCUT2D eigenvalue weighted by Crippen LogP contribution is -2.44. The van der Waals surface area contributed by atoms with E-state index < -0.39 is 0 Å². The van der Waals surface area contributed by atoms with Crippen LogP contribution in [-0.4, -0.2) is 77.1 Å². The molecular formula is C19H33IN4O3. The van der Waals surface area contributed by atoms with Gasteiger partial charge in [-0.15, -0.1) is 24.0 Å². The monoisotopic (exact) mass is 492 g/mol. The van der Waals surface area contributed by atoms with Gasteiger partial charge in [0.05, 0.1) is 26.9 Å². The summed E-state index contributed by atoms with van der Waals surface area (Å²) in [6.45, 7) is 9.85. The zero-order chi connectivity index (χ0) is 18.5. The Morgan fingerprint density at radius 2 is 2.00 bits per heavy atom. The van der Waals surface area contributed by atoms with Gasteiger partial charge in [0, 0.05) is 51.8 Å². The van der Waals surface area contributed by atoms with Crippen LogP contribution >= 0.6 is 24.0 Å². The number of guanidine groups is 1. The van der Waals surface area contributed by atoms with Crippen LogP contribution in [0.5, 0.6) is 11.5 Å². The molecule has 0 bridgehead atoms. The lowest BCUT2D eigenvalue weighted by atomic mass is 10.3. The number of hydrogen-bond donors (Lipinski definition) is 2. The SMILES string of the molecule is CCNC(=NCCCOc1cccc(OC)c1)NCCN1CCOCC1.I. The molecule has 1 aromatic rings. The van der Waals surface area contributed by atoms with Gasteiger partial charge in [0.1, 0.15) is 11.5 Å². The third-order valence-corrected chi connectivity index (χ3v) is 4.05. The van der Waals surface area contributed by atoms with Crippen LogP contribution in [0.4, 0.5) is 0 Å². The van der Waals surface area contributed by atoms with Crippen molar-refractivity contribution in [1.82, 2.24) is 15.5 Å². The van der Waals surface area contributed by atoms with Gasteiger partial charge in [-0.3, -0.25) is 9.89 Å². The van der Waals surface area contributed by atoms with E-state index in [2.05, 4.69) is 27.4 Å². The first kappa shape index (κ1) is 23.8. The van der Waals surface area contributed by atoms with Crippen LogP contribution in [0.2, 0.25) is 0 Å². The Morgan fingerprint density at radius 3 is 2.74 bits per heavy atom. The molecule has 0 atom stereocenters. The summed E-state index contributed by atoms with van der Waals surface area (Å²) < 4.78 is 16.3. The molecule has 1 saturated heterocycles. The van der Waals surface area contributed by atoms with Gasteiger partial charge in [0.25, 0.3) is 0 Å². The summed E-state index contributed by atoms with van der Waals surface area (Å²) >= 11 is 0. The van der Waals surface area contributed by atoms with Crippen LogP contribution in [-0.2, 0) is 4.74 Å². The first-order chi connectivity index (χ1) is 12.8. The summed E-state index contributed by atoms with van der Waals surface area (Å²) in [6, 6.07) is 7.65. The molecule has 1 aliphatic heterocycles. The molecule has 1 aliphatic rings. The fourth-order valence-corrected chi connectivity index (χ4v) is 2.64. The lowest BCUT2D eigenvalue weighted by molar-refractivity contribution is 0.0389. The maximum Gasteiger partial charge on any atom is 0.191 e. The van der Waals surface area contributed by atoms with Gasteiger partial charge in [0.15, 0.2) is 5.96 Å². The van der Waals surface area contributed by atoms with Gasteiger partial charge in [-0.1, -0.05) is 6.07 Å². The Labute approximate surface area is 179 Å². The van der Waals surface area contributed by atoms with E-state index in [-0.39, 0.29) is 24.0 Å². The number of hydrogen-bond acceptors (Lipinski definition) is 5. The predicted octanol–water partition coefficient (Wildman–Crippen LogP) is 1.97. The molecule has 0 saturated carbocycles. The van der Waals surface area contributed by atoms with Crippen molar-refractivity contribution >= 4 is 29.9 Å². The highest BCUT2D eigenvalue weighted by Gasteiger charge is 2.09. The first-order valence-corrected chi connectivity index (χ1v) is 9.41. The molecule has 0 aliphatic carbocycles. The highest BCUT2D eigenvalue weighted by molar-refractivity contribution is 14.0. The van der Waals surface area contributed by atoms with E-state index in [0.29, 0.717) is 6.61 Å². The summed E-state index contributed by atoms with van der Waals surface area (Å²) in [7, 11) is 1.65. The van der Waals surface area contributed by atoms with Gasteiger partial charge >= 0.3 is 0 Å². The second-order valence-corrected chi connectivity index (χ2v) is 6.02. The fraction of sp³-hybridized carbons (Fsp3) is 0.632. The number of aliphatic imine (C=N–C) groups is 1. The molecule has 0 amide bonds. The van der Waals surface area contributed by atoms with Crippen LogP contribution < -0.4 is 20.1 Å². The summed E-state index contributed by atoms with van der Waals surface area (Å²) in [5.74, 6) is 2.49. The van der Waals surface area contributed by atoms with Gasteiger partial charge < -0.3 is 24.8 Å². The predicted molar refractivity (Wildman–Crippen MR) is 120 cm³/mol. The quantitative estimate of drug-likeness (QED) is 0.226. The van der Waals surface area contributed by atoms with Crippen LogP contribution in [0.15, 0.2) is 29.3 Å². The summed E-state index contributed by atoms with van der Waals surface area (Å²) in [6.07, 6.45) is 0.858. The van der Waals surface area contributed by atoms with E-state index in [1.54, 1.807) is 7.11 Å². The van der Waals surface area contributed by atoms with Crippen molar-refractivity contribution in [1.29, 1.82) is 0 Å². The maximum absolute atomic E-state index is 5.74. The number of methoxy groups -OCH3 is 1. The van der Waals surface area contributed by atoms with E-state index >= 15 is 0 Å². The second kappa shape index (κ2) is 14.8. The van der Waals surface area contributed by atoms with E-state index in [0.717, 1.165) is 76.4 Å². The molecule has 1 fully saturated rings. The van der Waals surface area contributed by atoms with E-state index in [9.17, 15) is 0 Å². The zero-order valence-corrected chi connectivity index (χ0v) is 18.7. The minimum Gasteiger partial charge on any atom is -0.497 e. The van der Waals surface area contributed by atoms with E-state index in [1.165, 1.54) is 0 Å². The van der Waals surface area contributed by atoms with Crippen molar-refractivity contribution in [2.45, 2.75) is 13.3 Å². The summed E-state index contributed by atoms with van der Waals surface area (Å²) in [4.78, 5) is 7.01. The van der Waals surface area contributed by atoms with Crippen molar-refractivity contribution in [3.63, 3.8) is 0 Å². The Balaban J connectivity index is 0.00000364. The molecule has 2 rings (SSSR count). The van der Waals surface area contributed by atoms with Crippen LogP contribution in [0.1, 0.15) is 13.3 Å². The van der Waals surface area contributed by atoms with Gasteiger partial charge in [-0.25, -0.2) is 0 Å². The molecule has 8 heteroatoms. The molecule has 154 valence electrons. The minimum atomic E-state index is 0. The number of nitrogens with zero attached hydrogens (tertiary/aromatic N) is 2. The Kier molecular flexibility index (Phi) is 13.0. The molecule has 0 radical (unpaired) electrons. The van der Waals surface area contributed by atoms with Crippen molar-refractivity contribution in [2.24, 2.45) is 4.99 Å². The molecule has 0 unspecified atom stereocenters. The number of nitrogens with one attached hydrogen (secondary N) is 2. The molecule has 7 nitrogen and oxygen atoms in total. The second-order valence-electron chi connectivity index (χ2n) is 6.02. The first-order valence-electron chi connectivity index (χ1n) is 9.41. The number of morpholine rings is 1. The van der Waals surface area contributed by atoms with Crippen LogP contribution in [0, 0.1) is 0 Å². The van der Waals surface area contributed by atoms with Crippen LogP contribution in [0.25, 0.3) is 0 Å². The number of ether oxygens (including phenoxy) is 3. The largest absolute Gasteiger partial charge is 0.497 e. The minimum absolute atomic E-state index is 0. The van der Waals surface area contributed by atoms with Crippen molar-refractivity contribution in [2.75, 3.05) is 66.2 Å². The Hall–Kier alpha value is -1.26. The molecule has 27 heavy (non-hydrogen) atoms. The Bertz CT molecular complexity index is 539. The molecule has 0 aromatic heterocycles. The molecular weight excluding hydrogens is 459 g/mol. The average molecular weight is 492 g/mol. The lowest BCUT2D eigenvalue weighted by Gasteiger charge is -2.26. The van der Waals surface area contributed by atoms with Gasteiger partial charge in [-0.05, 0) is 19.1 Å². The normalized spacial score (nSPS) is 15.0. The zero-order valence-electron chi connectivity index (χ0n) is 16.4. The van der Waals surface area contributed by atoms with Gasteiger partial charge in [0.2, 0.25) is 0 Å². The van der Waals surface area contributed by atoms with E-state index in [4.69, 9.17) is 14.2 Å². The highest BCUT2D eigenvalue weighted by atomic mass is 127. The number of halogens is 1. The number of rotatable bonds is 10. The molecule has 0 spiro atoms. The number of benzene rings is 1. The van der Waals surface area contributed by atoms with Crippen molar-refractivity contribution in [3.8, 4) is 11.5 Å². The fourth-order valence-electron chi connectivity index (χ4n) is 2.64. The molecule has 2 N–H and O–H groups in total. The van der Waals surface area contributed by atoms with Crippen molar-refractivity contribution in [3.05, 3.63) is 24.3 Å². The third-order valence-electron chi connectivity index (χ3n) is 4.05.